The van der Waals surface area contributed by atoms with E-state index in [1.807, 2.05) is 0 Å². The first-order valence-corrected chi connectivity index (χ1v) is 10.5. The molecule has 0 atom stereocenters. The maximum absolute atomic E-state index is 12.1. The number of carboxylic acid groups (broad SMARTS) is 1. The average molecular weight is 505 g/mol. The van der Waals surface area contributed by atoms with Crippen LogP contribution in [0.3, 0.4) is 0 Å². The third kappa shape index (κ3) is 5.74. The maximum atomic E-state index is 12.1. The van der Waals surface area contributed by atoms with Crippen molar-refractivity contribution in [2.24, 2.45) is 4.99 Å². The highest BCUT2D eigenvalue weighted by atomic mass is 79.9. The second-order valence-corrected chi connectivity index (χ2v) is 8.22. The van der Waals surface area contributed by atoms with E-state index in [4.69, 9.17) is 14.6 Å². The monoisotopic (exact) mass is 504 g/mol. The fourth-order valence-electron chi connectivity index (χ4n) is 2.63. The fraction of sp³-hybridized carbons (Fsp3) is 0.143. The third-order valence-electron chi connectivity index (χ3n) is 4.04. The molecule has 1 aliphatic rings. The van der Waals surface area contributed by atoms with Gasteiger partial charge in [0.25, 0.3) is 5.91 Å². The van der Waals surface area contributed by atoms with E-state index >= 15 is 0 Å². The van der Waals surface area contributed by atoms with Crippen LogP contribution in [0, 0.1) is 0 Å². The molecule has 2 aromatic carbocycles. The second kappa shape index (κ2) is 9.80. The van der Waals surface area contributed by atoms with E-state index in [2.05, 4.69) is 26.2 Å². The van der Waals surface area contributed by atoms with Gasteiger partial charge in [0, 0.05) is 6.92 Å². The smallest absolute Gasteiger partial charge is 0.335 e. The number of rotatable bonds is 6. The lowest BCUT2D eigenvalue weighted by Crippen LogP contribution is -2.23. The molecule has 0 radical (unpaired) electrons. The zero-order chi connectivity index (χ0) is 22.5. The lowest BCUT2D eigenvalue weighted by Gasteiger charge is -2.14. The fourth-order valence-corrected chi connectivity index (χ4v) is 4.06. The number of carbonyl (C=O) groups excluding carboxylic acids is 2. The number of thioether (sulfide) groups is 1. The summed E-state index contributed by atoms with van der Waals surface area (Å²) in [6, 6.07) is 9.86. The molecule has 2 amide bonds. The van der Waals surface area contributed by atoms with Crippen LogP contribution in [-0.4, -0.2) is 35.2 Å². The van der Waals surface area contributed by atoms with Gasteiger partial charge in [-0.05, 0) is 69.2 Å². The van der Waals surface area contributed by atoms with Gasteiger partial charge >= 0.3 is 5.97 Å². The second-order valence-electron chi connectivity index (χ2n) is 6.34. The molecule has 10 heteroatoms. The van der Waals surface area contributed by atoms with Gasteiger partial charge in [0.1, 0.15) is 6.61 Å². The van der Waals surface area contributed by atoms with Gasteiger partial charge in [0.2, 0.25) is 5.91 Å². The van der Waals surface area contributed by atoms with Crippen molar-refractivity contribution in [1.29, 1.82) is 0 Å². The molecule has 1 aliphatic heterocycles. The molecule has 0 fully saturated rings. The Morgan fingerprint density at radius 3 is 2.58 bits per heavy atom. The van der Waals surface area contributed by atoms with E-state index in [0.29, 0.717) is 26.4 Å². The maximum Gasteiger partial charge on any atom is 0.335 e. The number of aromatic carboxylic acids is 1. The number of hydrogen-bond donors (Lipinski definition) is 2. The Kier molecular flexibility index (Phi) is 7.13. The van der Waals surface area contributed by atoms with Crippen LogP contribution in [0.4, 0.5) is 0 Å². The minimum atomic E-state index is -0.991. The van der Waals surface area contributed by atoms with Gasteiger partial charge in [0.05, 0.1) is 22.1 Å². The SMILES string of the molecule is COc1cc(/C=C2/SC(NC(C)=O)=NC2=O)cc(Br)c1OCc1ccc(C(=O)O)cc1. The molecule has 3 rings (SSSR count). The van der Waals surface area contributed by atoms with E-state index in [1.54, 1.807) is 30.3 Å². The Morgan fingerprint density at radius 1 is 1.26 bits per heavy atom. The topological polar surface area (TPSA) is 114 Å². The number of amidine groups is 1. The van der Waals surface area contributed by atoms with Crippen LogP contribution < -0.4 is 14.8 Å². The minimum absolute atomic E-state index is 0.199. The molecule has 0 saturated heterocycles. The standard InChI is InChI=1S/C21H17BrN2O6S/c1-11(25)23-21-24-19(26)17(31-21)9-13-7-15(22)18(16(8-13)29-2)30-10-12-3-5-14(6-4-12)20(27)28/h3-9H,10H2,1-2H3,(H,27,28)(H,23,24,25,26)/b17-9+. The molecule has 31 heavy (non-hydrogen) atoms. The first kappa shape index (κ1) is 22.6. The van der Waals surface area contributed by atoms with E-state index in [9.17, 15) is 14.4 Å². The molecule has 0 saturated carbocycles. The summed E-state index contributed by atoms with van der Waals surface area (Å²) in [5.74, 6) is -0.817. The summed E-state index contributed by atoms with van der Waals surface area (Å²) >= 11 is 4.54. The van der Waals surface area contributed by atoms with Crippen LogP contribution >= 0.6 is 27.7 Å². The van der Waals surface area contributed by atoms with Crippen molar-refractivity contribution in [1.82, 2.24) is 5.32 Å². The number of halogens is 1. The Hall–Kier alpha value is -3.11. The zero-order valence-corrected chi connectivity index (χ0v) is 18.9. The van der Waals surface area contributed by atoms with E-state index in [1.165, 1.54) is 26.2 Å². The summed E-state index contributed by atoms with van der Waals surface area (Å²) in [6.45, 7) is 1.55. The van der Waals surface area contributed by atoms with Crippen LogP contribution in [0.25, 0.3) is 6.08 Å². The molecule has 2 aromatic rings. The van der Waals surface area contributed by atoms with Gasteiger partial charge < -0.3 is 19.9 Å². The van der Waals surface area contributed by atoms with Crippen LogP contribution in [0.15, 0.2) is 50.8 Å². The van der Waals surface area contributed by atoms with Gasteiger partial charge in [-0.2, -0.15) is 4.99 Å². The average Bonchev–Trinajstić information content (AvgIpc) is 3.04. The number of nitrogens with one attached hydrogen (secondary N) is 1. The van der Waals surface area contributed by atoms with Gasteiger partial charge in [0.15, 0.2) is 16.7 Å². The highest BCUT2D eigenvalue weighted by Crippen LogP contribution is 2.38. The Morgan fingerprint density at radius 2 is 1.97 bits per heavy atom. The largest absolute Gasteiger partial charge is 0.493 e. The molecule has 2 N–H and O–H groups in total. The predicted molar refractivity (Wildman–Crippen MR) is 120 cm³/mol. The number of hydrogen-bond acceptors (Lipinski definition) is 6. The van der Waals surface area contributed by atoms with Gasteiger partial charge in [-0.15, -0.1) is 0 Å². The first-order chi connectivity index (χ1) is 14.8. The van der Waals surface area contributed by atoms with E-state index in [-0.39, 0.29) is 23.2 Å². The molecule has 0 spiro atoms. The minimum Gasteiger partial charge on any atom is -0.493 e. The molecule has 8 nitrogen and oxygen atoms in total. The van der Waals surface area contributed by atoms with Crippen molar-refractivity contribution in [2.75, 3.05) is 7.11 Å². The van der Waals surface area contributed by atoms with E-state index < -0.39 is 11.9 Å². The van der Waals surface area contributed by atoms with Crippen molar-refractivity contribution in [3.05, 3.63) is 62.5 Å². The highest BCUT2D eigenvalue weighted by Gasteiger charge is 2.23. The number of aliphatic imine (C=N–C) groups is 1. The Labute approximate surface area is 190 Å². The van der Waals surface area contributed by atoms with Crippen LogP contribution in [0.5, 0.6) is 11.5 Å². The van der Waals surface area contributed by atoms with E-state index in [0.717, 1.165) is 17.3 Å². The lowest BCUT2D eigenvalue weighted by molar-refractivity contribution is -0.117. The van der Waals surface area contributed by atoms with Crippen LogP contribution in [-0.2, 0) is 16.2 Å². The summed E-state index contributed by atoms with van der Waals surface area (Å²) in [7, 11) is 1.50. The molecule has 0 aliphatic carbocycles. The zero-order valence-electron chi connectivity index (χ0n) is 16.5. The van der Waals surface area contributed by atoms with Gasteiger partial charge in [-0.3, -0.25) is 9.59 Å². The quantitative estimate of drug-likeness (QED) is 0.574. The molecule has 0 bridgehead atoms. The Balaban J connectivity index is 1.77. The first-order valence-electron chi connectivity index (χ1n) is 8.89. The summed E-state index contributed by atoms with van der Waals surface area (Å²) in [4.78, 5) is 38.3. The third-order valence-corrected chi connectivity index (χ3v) is 5.53. The molecule has 1 heterocycles. The summed E-state index contributed by atoms with van der Waals surface area (Å²) in [5.41, 5.74) is 1.67. The number of amides is 2. The number of ether oxygens (including phenoxy) is 2. The highest BCUT2D eigenvalue weighted by molar-refractivity contribution is 9.10. The van der Waals surface area contributed by atoms with Gasteiger partial charge in [-0.25, -0.2) is 4.79 Å². The molecular formula is C21H17BrN2O6S. The molecule has 0 unspecified atom stereocenters. The summed E-state index contributed by atoms with van der Waals surface area (Å²) < 4.78 is 11.9. The number of carboxylic acids is 1. The van der Waals surface area contributed by atoms with Crippen LogP contribution in [0.1, 0.15) is 28.4 Å². The normalized spacial score (nSPS) is 14.4. The number of benzene rings is 2. The predicted octanol–water partition coefficient (Wildman–Crippen LogP) is 3.84. The van der Waals surface area contributed by atoms with Gasteiger partial charge in [-0.1, -0.05) is 12.1 Å². The van der Waals surface area contributed by atoms with Crippen LogP contribution in [0.2, 0.25) is 0 Å². The van der Waals surface area contributed by atoms with Crippen molar-refractivity contribution in [2.45, 2.75) is 13.5 Å². The summed E-state index contributed by atoms with van der Waals surface area (Å²) in [6.07, 6.45) is 1.65. The number of methoxy groups -OCH3 is 1. The van der Waals surface area contributed by atoms with Crippen molar-refractivity contribution < 1.29 is 29.0 Å². The van der Waals surface area contributed by atoms with Crippen molar-refractivity contribution in [3.63, 3.8) is 0 Å². The molecular weight excluding hydrogens is 488 g/mol. The lowest BCUT2D eigenvalue weighted by atomic mass is 10.1. The Bertz CT molecular complexity index is 1110. The molecule has 0 aromatic heterocycles. The number of nitrogens with zero attached hydrogens (tertiary/aromatic N) is 1. The summed E-state index contributed by atoms with van der Waals surface area (Å²) in [5, 5.41) is 11.7. The number of carbonyl (C=O) groups is 3. The van der Waals surface area contributed by atoms with Crippen molar-refractivity contribution in [3.8, 4) is 11.5 Å². The van der Waals surface area contributed by atoms with Crippen molar-refractivity contribution >= 4 is 56.7 Å². The molecule has 160 valence electrons.